The van der Waals surface area contributed by atoms with E-state index in [4.69, 9.17) is 30.6 Å². The highest BCUT2D eigenvalue weighted by atomic mass is 16.4. The van der Waals surface area contributed by atoms with Crippen molar-refractivity contribution in [3.8, 4) is 0 Å². The van der Waals surface area contributed by atoms with Crippen LogP contribution < -0.4 is 0 Å². The Hall–Kier alpha value is -2.20. The molecule has 0 aliphatic heterocycles. The Morgan fingerprint density at radius 3 is 0.857 bits per heavy atom. The topological polar surface area (TPSA) is 190 Å². The van der Waals surface area contributed by atoms with E-state index >= 15 is 0 Å². The third-order valence-electron chi connectivity index (χ3n) is 5.13. The lowest BCUT2D eigenvalue weighted by Gasteiger charge is -2.22. The first-order valence-corrected chi connectivity index (χ1v) is 9.26. The summed E-state index contributed by atoms with van der Waals surface area (Å²) >= 11 is 0. The summed E-state index contributed by atoms with van der Waals surface area (Å²) in [6.45, 7) is -1.92. The van der Waals surface area contributed by atoms with Gasteiger partial charge >= 0.3 is 23.9 Å². The number of carboxylic acid groups (broad SMARTS) is 4. The molecule has 0 amide bonds. The van der Waals surface area contributed by atoms with E-state index < -0.39 is 47.9 Å². The molecule has 0 radical (unpaired) electrons. The lowest BCUT2D eigenvalue weighted by molar-refractivity contribution is -0.170. The number of aliphatic carboxylic acids is 4. The fourth-order valence-electron chi connectivity index (χ4n) is 2.95. The monoisotopic (exact) mass is 406 g/mol. The van der Waals surface area contributed by atoms with Crippen LogP contribution in [0.25, 0.3) is 0 Å². The second kappa shape index (κ2) is 12.3. The Labute approximate surface area is 162 Å². The summed E-state index contributed by atoms with van der Waals surface area (Å²) in [5.41, 5.74) is -4.32. The minimum Gasteiger partial charge on any atom is -0.480 e. The quantitative estimate of drug-likeness (QED) is 0.151. The molecule has 6 N–H and O–H groups in total. The molecule has 10 nitrogen and oxygen atoms in total. The van der Waals surface area contributed by atoms with Crippen molar-refractivity contribution in [2.75, 3.05) is 13.2 Å². The van der Waals surface area contributed by atoms with Gasteiger partial charge in [-0.05, 0) is 12.8 Å². The first-order valence-electron chi connectivity index (χ1n) is 9.26. The van der Waals surface area contributed by atoms with E-state index in [0.29, 0.717) is 25.7 Å². The molecule has 0 aromatic carbocycles. The summed E-state index contributed by atoms with van der Waals surface area (Å²) in [6, 6.07) is 0. The van der Waals surface area contributed by atoms with Crippen LogP contribution in [-0.2, 0) is 19.2 Å². The Bertz CT molecular complexity index is 466. The molecule has 162 valence electrons. The smallest absolute Gasteiger partial charge is 0.323 e. The molecule has 0 aromatic rings. The summed E-state index contributed by atoms with van der Waals surface area (Å²) in [5.74, 6) is -6.21. The number of hydrogen-bond acceptors (Lipinski definition) is 6. The van der Waals surface area contributed by atoms with Crippen LogP contribution in [0.4, 0.5) is 0 Å². The molecule has 0 bridgehead atoms. The Morgan fingerprint density at radius 1 is 0.464 bits per heavy atom. The van der Waals surface area contributed by atoms with Crippen molar-refractivity contribution in [1.29, 1.82) is 0 Å². The highest BCUT2D eigenvalue weighted by molar-refractivity contribution is 5.98. The van der Waals surface area contributed by atoms with Crippen LogP contribution >= 0.6 is 0 Å². The molecular weight excluding hydrogens is 376 g/mol. The van der Waals surface area contributed by atoms with Gasteiger partial charge in [-0.25, -0.2) is 0 Å². The largest absolute Gasteiger partial charge is 0.480 e. The zero-order valence-corrected chi connectivity index (χ0v) is 15.8. The lowest BCUT2D eigenvalue weighted by Crippen LogP contribution is -2.42. The van der Waals surface area contributed by atoms with Crippen LogP contribution in [0.3, 0.4) is 0 Å². The molecule has 0 aromatic heterocycles. The third kappa shape index (κ3) is 6.75. The van der Waals surface area contributed by atoms with Gasteiger partial charge in [0.15, 0.2) is 10.8 Å². The normalized spacial score (nSPS) is 11.9. The predicted octanol–water partition coefficient (Wildman–Crippen LogP) is 1.18. The molecule has 0 saturated carbocycles. The fraction of sp³-hybridized carbons (Fsp3) is 0.778. The number of aliphatic hydroxyl groups is 2. The van der Waals surface area contributed by atoms with Crippen LogP contribution in [0.2, 0.25) is 0 Å². The third-order valence-corrected chi connectivity index (χ3v) is 5.13. The van der Waals surface area contributed by atoms with Gasteiger partial charge in [0.05, 0.1) is 13.2 Å². The van der Waals surface area contributed by atoms with Gasteiger partial charge in [0.1, 0.15) is 0 Å². The van der Waals surface area contributed by atoms with E-state index in [0.717, 1.165) is 25.7 Å². The zero-order chi connectivity index (χ0) is 21.8. The van der Waals surface area contributed by atoms with Crippen molar-refractivity contribution in [2.24, 2.45) is 10.8 Å². The lowest BCUT2D eigenvalue weighted by atomic mass is 9.83. The fourth-order valence-corrected chi connectivity index (χ4v) is 2.95. The number of aliphatic hydroxyl groups excluding tert-OH is 2. The van der Waals surface area contributed by atoms with Crippen molar-refractivity contribution in [2.45, 2.75) is 64.2 Å². The molecule has 10 heteroatoms. The second-order valence-corrected chi connectivity index (χ2v) is 7.03. The molecule has 0 aliphatic carbocycles. The van der Waals surface area contributed by atoms with Crippen LogP contribution in [0.5, 0.6) is 0 Å². The first-order chi connectivity index (χ1) is 13.1. The van der Waals surface area contributed by atoms with Gasteiger partial charge in [-0.2, -0.15) is 0 Å². The molecule has 0 unspecified atom stereocenters. The summed E-state index contributed by atoms with van der Waals surface area (Å²) in [4.78, 5) is 44.4. The van der Waals surface area contributed by atoms with Gasteiger partial charge in [-0.3, -0.25) is 19.2 Å². The Kier molecular flexibility index (Phi) is 11.3. The van der Waals surface area contributed by atoms with Crippen molar-refractivity contribution in [1.82, 2.24) is 0 Å². The average Bonchev–Trinajstić information content (AvgIpc) is 2.62. The standard InChI is InChI=1S/C18H30O10/c19-11-17(13(21)22,14(23)24)9-7-5-3-1-2-4-6-8-10-18(12-20,15(25)26)16(27)28/h19-20H,1-12H2,(H,21,22)(H,23,24)(H,25,26)(H,27,28). The predicted molar refractivity (Wildman–Crippen MR) is 95.8 cm³/mol. The molecule has 0 spiro atoms. The number of rotatable bonds is 17. The van der Waals surface area contributed by atoms with Crippen molar-refractivity contribution in [3.05, 3.63) is 0 Å². The van der Waals surface area contributed by atoms with Crippen LogP contribution in [-0.4, -0.2) is 67.7 Å². The molecule has 0 saturated heterocycles. The number of hydrogen-bond donors (Lipinski definition) is 6. The van der Waals surface area contributed by atoms with Crippen LogP contribution in [0, 0.1) is 10.8 Å². The first kappa shape index (κ1) is 25.8. The number of carboxylic acids is 4. The summed E-state index contributed by atoms with van der Waals surface area (Å²) in [5, 5.41) is 54.4. The summed E-state index contributed by atoms with van der Waals surface area (Å²) in [7, 11) is 0. The molecule has 28 heavy (non-hydrogen) atoms. The Morgan fingerprint density at radius 2 is 0.679 bits per heavy atom. The molecule has 0 rings (SSSR count). The van der Waals surface area contributed by atoms with E-state index in [1.165, 1.54) is 0 Å². The van der Waals surface area contributed by atoms with Gasteiger partial charge < -0.3 is 30.6 Å². The highest BCUT2D eigenvalue weighted by Crippen LogP contribution is 2.27. The molecule has 0 atom stereocenters. The zero-order valence-electron chi connectivity index (χ0n) is 15.8. The van der Waals surface area contributed by atoms with Gasteiger partial charge in [-0.15, -0.1) is 0 Å². The van der Waals surface area contributed by atoms with Gasteiger partial charge in [-0.1, -0.05) is 51.4 Å². The SMILES string of the molecule is O=C(O)C(CO)(CCCCCCCCCCC(CO)(C(=O)O)C(=O)O)C(=O)O. The van der Waals surface area contributed by atoms with E-state index in [-0.39, 0.29) is 12.8 Å². The van der Waals surface area contributed by atoms with E-state index in [9.17, 15) is 19.2 Å². The van der Waals surface area contributed by atoms with Crippen molar-refractivity contribution >= 4 is 23.9 Å². The van der Waals surface area contributed by atoms with Crippen molar-refractivity contribution < 1.29 is 49.8 Å². The maximum atomic E-state index is 11.1. The second-order valence-electron chi connectivity index (χ2n) is 7.03. The molecule has 0 fully saturated rings. The highest BCUT2D eigenvalue weighted by Gasteiger charge is 2.46. The maximum absolute atomic E-state index is 11.1. The summed E-state index contributed by atoms with van der Waals surface area (Å²) < 4.78 is 0. The van der Waals surface area contributed by atoms with Gasteiger partial charge in [0, 0.05) is 0 Å². The number of carbonyl (C=O) groups is 4. The van der Waals surface area contributed by atoms with Crippen LogP contribution in [0.1, 0.15) is 64.2 Å². The van der Waals surface area contributed by atoms with E-state index in [1.807, 2.05) is 0 Å². The Balaban J connectivity index is 4.03. The summed E-state index contributed by atoms with van der Waals surface area (Å²) in [6.07, 6.45) is 4.79. The van der Waals surface area contributed by atoms with E-state index in [2.05, 4.69) is 0 Å². The van der Waals surface area contributed by atoms with Gasteiger partial charge in [0.2, 0.25) is 0 Å². The molecule has 0 aliphatic rings. The average molecular weight is 406 g/mol. The minimum absolute atomic E-state index is 0.151. The number of unbranched alkanes of at least 4 members (excludes halogenated alkanes) is 7. The maximum Gasteiger partial charge on any atom is 0.323 e. The minimum atomic E-state index is -2.16. The van der Waals surface area contributed by atoms with Crippen LogP contribution in [0.15, 0.2) is 0 Å². The molecular formula is C18H30O10. The van der Waals surface area contributed by atoms with Gasteiger partial charge in [0.25, 0.3) is 0 Å². The van der Waals surface area contributed by atoms with E-state index in [1.54, 1.807) is 0 Å². The van der Waals surface area contributed by atoms with Crippen molar-refractivity contribution in [3.63, 3.8) is 0 Å². The molecule has 0 heterocycles.